The smallest absolute Gasteiger partial charge is 0.0945 e. The lowest BCUT2D eigenvalue weighted by molar-refractivity contribution is 0.340. The Hall–Kier alpha value is -1.61. The van der Waals surface area contributed by atoms with Crippen LogP contribution >= 0.6 is 0 Å². The lowest BCUT2D eigenvalue weighted by Gasteiger charge is -2.29. The topological polar surface area (TPSA) is 29.9 Å². The van der Waals surface area contributed by atoms with Crippen molar-refractivity contribution in [1.29, 1.82) is 0 Å². The molecule has 3 nitrogen and oxygen atoms in total. The molecule has 1 heterocycles. The highest BCUT2D eigenvalue weighted by molar-refractivity contribution is 5.20. The number of aryl methyl sites for hydroxylation is 1. The van der Waals surface area contributed by atoms with Crippen molar-refractivity contribution in [3.05, 3.63) is 54.6 Å². The largest absolute Gasteiger partial charge is 0.337 e. The average molecular weight is 283 g/mol. The number of hydrogen-bond acceptors (Lipinski definition) is 2. The maximum absolute atomic E-state index is 4.07. The maximum Gasteiger partial charge on any atom is 0.0945 e. The fourth-order valence-electron chi connectivity index (χ4n) is 3.34. The van der Waals surface area contributed by atoms with Gasteiger partial charge < -0.3 is 9.88 Å². The first kappa shape index (κ1) is 14.3. The van der Waals surface area contributed by atoms with Gasteiger partial charge in [-0.1, -0.05) is 30.3 Å². The highest BCUT2D eigenvalue weighted by atomic mass is 15.0. The molecule has 112 valence electrons. The van der Waals surface area contributed by atoms with E-state index in [4.69, 9.17) is 0 Å². The third kappa shape index (κ3) is 4.18. The molecule has 0 saturated heterocycles. The Morgan fingerprint density at radius 3 is 2.62 bits per heavy atom. The molecule has 3 rings (SSSR count). The Labute approximate surface area is 127 Å². The van der Waals surface area contributed by atoms with Crippen molar-refractivity contribution in [1.82, 2.24) is 14.9 Å². The number of benzene rings is 1. The predicted molar refractivity (Wildman–Crippen MR) is 86.3 cm³/mol. The third-order valence-electron chi connectivity index (χ3n) is 4.58. The van der Waals surface area contributed by atoms with Gasteiger partial charge in [0.25, 0.3) is 0 Å². The minimum atomic E-state index is 0.716. The zero-order valence-corrected chi connectivity index (χ0v) is 12.6. The molecule has 1 aliphatic rings. The predicted octanol–water partition coefficient (Wildman–Crippen LogP) is 3.59. The summed E-state index contributed by atoms with van der Waals surface area (Å²) < 4.78 is 2.15. The molecule has 3 heteroatoms. The van der Waals surface area contributed by atoms with Gasteiger partial charge in [-0.3, -0.25) is 0 Å². The SMILES string of the molecule is c1ccc(C2CCC(NCCCn3ccnc3)CC2)cc1. The summed E-state index contributed by atoms with van der Waals surface area (Å²) in [7, 11) is 0. The minimum Gasteiger partial charge on any atom is -0.337 e. The number of nitrogens with zero attached hydrogens (tertiary/aromatic N) is 2. The van der Waals surface area contributed by atoms with Crippen molar-refractivity contribution in [3.8, 4) is 0 Å². The van der Waals surface area contributed by atoms with Crippen LogP contribution in [0.4, 0.5) is 0 Å². The fraction of sp³-hybridized carbons (Fsp3) is 0.500. The zero-order valence-electron chi connectivity index (χ0n) is 12.6. The number of nitrogens with one attached hydrogen (secondary N) is 1. The summed E-state index contributed by atoms with van der Waals surface area (Å²) in [5, 5.41) is 3.72. The van der Waals surface area contributed by atoms with Crippen molar-refractivity contribution < 1.29 is 0 Å². The molecule has 0 spiro atoms. The van der Waals surface area contributed by atoms with Crippen LogP contribution in [0.3, 0.4) is 0 Å². The van der Waals surface area contributed by atoms with Crippen LogP contribution in [0.15, 0.2) is 49.1 Å². The molecular weight excluding hydrogens is 258 g/mol. The Bertz CT molecular complexity index is 499. The first-order valence-electron chi connectivity index (χ1n) is 8.16. The van der Waals surface area contributed by atoms with Crippen molar-refractivity contribution in [3.63, 3.8) is 0 Å². The Kier molecular flexibility index (Phi) is 5.06. The van der Waals surface area contributed by atoms with Gasteiger partial charge in [0.15, 0.2) is 0 Å². The van der Waals surface area contributed by atoms with Crippen LogP contribution in [0.5, 0.6) is 0 Å². The summed E-state index contributed by atoms with van der Waals surface area (Å²) in [6, 6.07) is 11.7. The number of hydrogen-bond donors (Lipinski definition) is 1. The first-order chi connectivity index (χ1) is 10.4. The van der Waals surface area contributed by atoms with E-state index < -0.39 is 0 Å². The van der Waals surface area contributed by atoms with Gasteiger partial charge in [0.05, 0.1) is 6.33 Å². The summed E-state index contributed by atoms with van der Waals surface area (Å²) in [5.74, 6) is 0.773. The second kappa shape index (κ2) is 7.41. The van der Waals surface area contributed by atoms with Crippen LogP contribution in [0.2, 0.25) is 0 Å². The number of rotatable bonds is 6. The molecule has 1 fully saturated rings. The Balaban J connectivity index is 1.34. The molecule has 0 bridgehead atoms. The minimum absolute atomic E-state index is 0.716. The zero-order chi connectivity index (χ0) is 14.3. The van der Waals surface area contributed by atoms with Gasteiger partial charge in [-0.15, -0.1) is 0 Å². The second-order valence-corrected chi connectivity index (χ2v) is 6.07. The van der Waals surface area contributed by atoms with Gasteiger partial charge in [-0.05, 0) is 50.1 Å². The van der Waals surface area contributed by atoms with E-state index in [-0.39, 0.29) is 0 Å². The lowest BCUT2D eigenvalue weighted by Crippen LogP contribution is -2.33. The molecule has 0 radical (unpaired) electrons. The lowest BCUT2D eigenvalue weighted by atomic mass is 9.82. The normalized spacial score (nSPS) is 22.3. The summed E-state index contributed by atoms with van der Waals surface area (Å²) in [4.78, 5) is 4.07. The van der Waals surface area contributed by atoms with Gasteiger partial charge in [0, 0.05) is 25.0 Å². The highest BCUT2D eigenvalue weighted by Crippen LogP contribution is 2.32. The van der Waals surface area contributed by atoms with E-state index in [1.165, 1.54) is 37.7 Å². The number of imidazole rings is 1. The molecule has 0 atom stereocenters. The Morgan fingerprint density at radius 2 is 1.90 bits per heavy atom. The highest BCUT2D eigenvalue weighted by Gasteiger charge is 2.21. The van der Waals surface area contributed by atoms with E-state index >= 15 is 0 Å². The number of aromatic nitrogens is 2. The molecule has 0 aliphatic heterocycles. The third-order valence-corrected chi connectivity index (χ3v) is 4.58. The monoisotopic (exact) mass is 283 g/mol. The van der Waals surface area contributed by atoms with Crippen molar-refractivity contribution >= 4 is 0 Å². The molecular formula is C18H25N3. The van der Waals surface area contributed by atoms with E-state index in [0.29, 0.717) is 6.04 Å². The van der Waals surface area contributed by atoms with Gasteiger partial charge in [0.1, 0.15) is 0 Å². The standard InChI is InChI=1S/C18H25N3/c1-2-5-16(6-3-1)17-7-9-18(10-8-17)20-11-4-13-21-14-12-19-15-21/h1-3,5-6,12,14-15,17-18,20H,4,7-11,13H2. The molecule has 2 aromatic rings. The van der Waals surface area contributed by atoms with Crippen LogP contribution in [0.25, 0.3) is 0 Å². The van der Waals surface area contributed by atoms with Crippen molar-refractivity contribution in [2.24, 2.45) is 0 Å². The molecule has 1 saturated carbocycles. The molecule has 0 unspecified atom stereocenters. The van der Waals surface area contributed by atoms with E-state index in [0.717, 1.165) is 19.0 Å². The van der Waals surface area contributed by atoms with Crippen LogP contribution in [-0.4, -0.2) is 22.1 Å². The quantitative estimate of drug-likeness (QED) is 0.821. The van der Waals surface area contributed by atoms with Crippen molar-refractivity contribution in [2.75, 3.05) is 6.54 Å². The van der Waals surface area contributed by atoms with Crippen molar-refractivity contribution in [2.45, 2.75) is 50.6 Å². The first-order valence-corrected chi connectivity index (χ1v) is 8.16. The molecule has 1 N–H and O–H groups in total. The van der Waals surface area contributed by atoms with Gasteiger partial charge in [-0.2, -0.15) is 0 Å². The van der Waals surface area contributed by atoms with Gasteiger partial charge in [-0.25, -0.2) is 4.98 Å². The average Bonchev–Trinajstić information content (AvgIpc) is 3.06. The van der Waals surface area contributed by atoms with E-state index in [2.05, 4.69) is 45.2 Å². The van der Waals surface area contributed by atoms with E-state index in [9.17, 15) is 0 Å². The fourth-order valence-corrected chi connectivity index (χ4v) is 3.34. The van der Waals surface area contributed by atoms with Crippen LogP contribution in [-0.2, 0) is 6.54 Å². The van der Waals surface area contributed by atoms with Gasteiger partial charge in [0.2, 0.25) is 0 Å². The second-order valence-electron chi connectivity index (χ2n) is 6.07. The summed E-state index contributed by atoms with van der Waals surface area (Å²) in [6.07, 6.45) is 12.2. The maximum atomic E-state index is 4.07. The Morgan fingerprint density at radius 1 is 1.10 bits per heavy atom. The van der Waals surface area contributed by atoms with E-state index in [1.54, 1.807) is 0 Å². The molecule has 1 aromatic heterocycles. The van der Waals surface area contributed by atoms with Crippen LogP contribution < -0.4 is 5.32 Å². The van der Waals surface area contributed by atoms with Gasteiger partial charge >= 0.3 is 0 Å². The van der Waals surface area contributed by atoms with Crippen LogP contribution in [0.1, 0.15) is 43.6 Å². The molecule has 1 aliphatic carbocycles. The molecule has 21 heavy (non-hydrogen) atoms. The summed E-state index contributed by atoms with van der Waals surface area (Å²) in [6.45, 7) is 2.17. The van der Waals surface area contributed by atoms with E-state index in [1.807, 2.05) is 18.7 Å². The summed E-state index contributed by atoms with van der Waals surface area (Å²) >= 11 is 0. The summed E-state index contributed by atoms with van der Waals surface area (Å²) in [5.41, 5.74) is 1.52. The molecule has 1 aromatic carbocycles. The van der Waals surface area contributed by atoms with Crippen LogP contribution in [0, 0.1) is 0 Å². The molecule has 0 amide bonds.